The molecule has 4 N–H and O–H groups in total. The lowest BCUT2D eigenvalue weighted by Gasteiger charge is -2.30. The smallest absolute Gasteiger partial charge is 0.223 e. The number of carbonyl (C=O) groups excluding carboxylic acids is 1. The lowest BCUT2D eigenvalue weighted by Crippen LogP contribution is -2.44. The third kappa shape index (κ3) is 3.58. The van der Waals surface area contributed by atoms with E-state index in [0.717, 1.165) is 5.56 Å². The molecule has 1 aromatic rings. The van der Waals surface area contributed by atoms with E-state index >= 15 is 0 Å². The first-order chi connectivity index (χ1) is 9.47. The summed E-state index contributed by atoms with van der Waals surface area (Å²) in [6.45, 7) is 4.65. The van der Waals surface area contributed by atoms with Crippen molar-refractivity contribution in [2.75, 3.05) is 0 Å². The molecule has 110 valence electrons. The molecule has 4 nitrogen and oxygen atoms in total. The van der Waals surface area contributed by atoms with Gasteiger partial charge in [-0.15, -0.1) is 0 Å². The minimum atomic E-state index is -0.460. The molecule has 0 aromatic heterocycles. The quantitative estimate of drug-likeness (QED) is 0.781. The van der Waals surface area contributed by atoms with Crippen LogP contribution in [-0.2, 0) is 11.3 Å². The SMILES string of the molecule is Cc1ccc(C)c(CNC(=O)[C@H]2CC[C@@H](O)[C@H](N)C2)c1. The van der Waals surface area contributed by atoms with Gasteiger partial charge in [-0.25, -0.2) is 0 Å². The average Bonchev–Trinajstić information content (AvgIpc) is 2.42. The van der Waals surface area contributed by atoms with Gasteiger partial charge in [0.1, 0.15) is 0 Å². The Kier molecular flexibility index (Phi) is 4.78. The van der Waals surface area contributed by atoms with E-state index in [4.69, 9.17) is 5.73 Å². The van der Waals surface area contributed by atoms with E-state index in [0.29, 0.717) is 25.8 Å². The highest BCUT2D eigenvalue weighted by Gasteiger charge is 2.30. The van der Waals surface area contributed by atoms with Crippen molar-refractivity contribution in [2.45, 2.75) is 51.8 Å². The maximum atomic E-state index is 12.2. The largest absolute Gasteiger partial charge is 0.392 e. The zero-order chi connectivity index (χ0) is 14.7. The van der Waals surface area contributed by atoms with Gasteiger partial charge in [0.15, 0.2) is 0 Å². The van der Waals surface area contributed by atoms with Crippen LogP contribution in [0.15, 0.2) is 18.2 Å². The zero-order valence-corrected chi connectivity index (χ0v) is 12.2. The Morgan fingerprint density at radius 3 is 2.85 bits per heavy atom. The highest BCUT2D eigenvalue weighted by atomic mass is 16.3. The summed E-state index contributed by atoms with van der Waals surface area (Å²) in [4.78, 5) is 12.2. The molecular formula is C16H24N2O2. The molecule has 0 bridgehead atoms. The summed E-state index contributed by atoms with van der Waals surface area (Å²) in [5.41, 5.74) is 9.36. The molecule has 3 atom stereocenters. The first kappa shape index (κ1) is 15.0. The second-order valence-corrected chi connectivity index (χ2v) is 5.89. The van der Waals surface area contributed by atoms with Crippen molar-refractivity contribution in [3.8, 4) is 0 Å². The number of amides is 1. The highest BCUT2D eigenvalue weighted by molar-refractivity contribution is 5.78. The Labute approximate surface area is 120 Å². The molecule has 0 heterocycles. The fraction of sp³-hybridized carbons (Fsp3) is 0.562. The van der Waals surface area contributed by atoms with Crippen molar-refractivity contribution >= 4 is 5.91 Å². The molecule has 4 heteroatoms. The number of aliphatic hydroxyl groups is 1. The molecule has 0 saturated heterocycles. The van der Waals surface area contributed by atoms with Crippen molar-refractivity contribution in [2.24, 2.45) is 11.7 Å². The number of rotatable bonds is 3. The van der Waals surface area contributed by atoms with Crippen molar-refractivity contribution in [1.82, 2.24) is 5.32 Å². The van der Waals surface area contributed by atoms with E-state index in [2.05, 4.69) is 23.5 Å². The molecule has 2 rings (SSSR count). The van der Waals surface area contributed by atoms with Crippen LogP contribution in [0.25, 0.3) is 0 Å². The first-order valence-corrected chi connectivity index (χ1v) is 7.25. The predicted molar refractivity (Wildman–Crippen MR) is 79.1 cm³/mol. The van der Waals surface area contributed by atoms with Crippen molar-refractivity contribution in [1.29, 1.82) is 0 Å². The molecule has 0 spiro atoms. The van der Waals surface area contributed by atoms with Gasteiger partial charge < -0.3 is 16.2 Å². The van der Waals surface area contributed by atoms with Crippen LogP contribution < -0.4 is 11.1 Å². The molecule has 1 aromatic carbocycles. The molecule has 1 aliphatic carbocycles. The number of aliphatic hydroxyl groups excluding tert-OH is 1. The number of hydrogen-bond acceptors (Lipinski definition) is 3. The molecule has 1 fully saturated rings. The Hall–Kier alpha value is -1.39. The monoisotopic (exact) mass is 276 g/mol. The van der Waals surface area contributed by atoms with Crippen LogP contribution in [0.1, 0.15) is 36.0 Å². The second kappa shape index (κ2) is 6.37. The summed E-state index contributed by atoms with van der Waals surface area (Å²) < 4.78 is 0. The van der Waals surface area contributed by atoms with Crippen LogP contribution in [0.4, 0.5) is 0 Å². The van der Waals surface area contributed by atoms with Gasteiger partial charge in [0.25, 0.3) is 0 Å². The first-order valence-electron chi connectivity index (χ1n) is 7.25. The normalized spacial score (nSPS) is 26.3. The van der Waals surface area contributed by atoms with Crippen molar-refractivity contribution < 1.29 is 9.90 Å². The van der Waals surface area contributed by atoms with Crippen molar-refractivity contribution in [3.63, 3.8) is 0 Å². The second-order valence-electron chi connectivity index (χ2n) is 5.89. The van der Waals surface area contributed by atoms with Crippen LogP contribution in [0.5, 0.6) is 0 Å². The third-order valence-electron chi connectivity index (χ3n) is 4.19. The lowest BCUT2D eigenvalue weighted by atomic mass is 9.83. The van der Waals surface area contributed by atoms with Crippen molar-refractivity contribution in [3.05, 3.63) is 34.9 Å². The maximum absolute atomic E-state index is 12.2. The summed E-state index contributed by atoms with van der Waals surface area (Å²) >= 11 is 0. The molecular weight excluding hydrogens is 252 g/mol. The maximum Gasteiger partial charge on any atom is 0.223 e. The number of carbonyl (C=O) groups is 1. The molecule has 1 saturated carbocycles. The van der Waals surface area contributed by atoms with Gasteiger partial charge >= 0.3 is 0 Å². The van der Waals surface area contributed by atoms with Crippen LogP contribution in [0, 0.1) is 19.8 Å². The minimum Gasteiger partial charge on any atom is -0.392 e. The van der Waals surface area contributed by atoms with Gasteiger partial charge in [0.2, 0.25) is 5.91 Å². The van der Waals surface area contributed by atoms with Gasteiger partial charge in [-0.3, -0.25) is 4.79 Å². The fourth-order valence-electron chi connectivity index (χ4n) is 2.75. The summed E-state index contributed by atoms with van der Waals surface area (Å²) in [6, 6.07) is 5.97. The predicted octanol–water partition coefficient (Wildman–Crippen LogP) is 1.41. The molecule has 1 amide bonds. The van der Waals surface area contributed by atoms with Crippen LogP contribution in [0.3, 0.4) is 0 Å². The summed E-state index contributed by atoms with van der Waals surface area (Å²) in [5.74, 6) is -0.0215. The molecule has 0 aliphatic heterocycles. The number of benzene rings is 1. The van der Waals surface area contributed by atoms with Gasteiger partial charge in [0, 0.05) is 18.5 Å². The minimum absolute atomic E-state index is 0.0493. The number of nitrogens with one attached hydrogen (secondary N) is 1. The molecule has 0 radical (unpaired) electrons. The highest BCUT2D eigenvalue weighted by Crippen LogP contribution is 2.24. The van der Waals surface area contributed by atoms with E-state index < -0.39 is 6.10 Å². The van der Waals surface area contributed by atoms with E-state index in [1.165, 1.54) is 11.1 Å². The average molecular weight is 276 g/mol. The van der Waals surface area contributed by atoms with Crippen LogP contribution >= 0.6 is 0 Å². The standard InChI is InChI=1S/C16H24N2O2/c1-10-3-4-11(2)13(7-10)9-18-16(20)12-5-6-15(19)14(17)8-12/h3-4,7,12,14-15,19H,5-6,8-9,17H2,1-2H3,(H,18,20)/t12-,14+,15+/m0/s1. The number of hydrogen-bond donors (Lipinski definition) is 3. The fourth-order valence-corrected chi connectivity index (χ4v) is 2.75. The summed E-state index contributed by atoms with van der Waals surface area (Å²) in [7, 11) is 0. The van der Waals surface area contributed by atoms with E-state index in [-0.39, 0.29) is 17.9 Å². The van der Waals surface area contributed by atoms with Gasteiger partial charge in [-0.1, -0.05) is 23.8 Å². The van der Waals surface area contributed by atoms with Crippen LogP contribution in [-0.4, -0.2) is 23.2 Å². The molecule has 0 unspecified atom stereocenters. The Balaban J connectivity index is 1.90. The topological polar surface area (TPSA) is 75.3 Å². The molecule has 1 aliphatic rings. The Bertz CT molecular complexity index is 487. The lowest BCUT2D eigenvalue weighted by molar-refractivity contribution is -0.127. The third-order valence-corrected chi connectivity index (χ3v) is 4.19. The Morgan fingerprint density at radius 1 is 1.40 bits per heavy atom. The van der Waals surface area contributed by atoms with E-state index in [9.17, 15) is 9.90 Å². The zero-order valence-electron chi connectivity index (χ0n) is 12.2. The summed E-state index contributed by atoms with van der Waals surface area (Å²) in [6.07, 6.45) is 1.44. The molecule has 20 heavy (non-hydrogen) atoms. The summed E-state index contributed by atoms with van der Waals surface area (Å²) in [5, 5.41) is 12.6. The van der Waals surface area contributed by atoms with Gasteiger partial charge in [0.05, 0.1) is 6.10 Å². The number of aryl methyl sites for hydroxylation is 2. The van der Waals surface area contributed by atoms with Gasteiger partial charge in [-0.2, -0.15) is 0 Å². The Morgan fingerprint density at radius 2 is 2.15 bits per heavy atom. The van der Waals surface area contributed by atoms with E-state index in [1.807, 2.05) is 13.8 Å². The number of nitrogens with two attached hydrogens (primary N) is 1. The van der Waals surface area contributed by atoms with Crippen LogP contribution in [0.2, 0.25) is 0 Å². The van der Waals surface area contributed by atoms with E-state index in [1.54, 1.807) is 0 Å². The van der Waals surface area contributed by atoms with Gasteiger partial charge in [-0.05, 0) is 44.2 Å².